The molecule has 7 heteroatoms. The van der Waals surface area contributed by atoms with Gasteiger partial charge in [0.15, 0.2) is 0 Å². The summed E-state index contributed by atoms with van der Waals surface area (Å²) in [4.78, 5) is 32.6. The summed E-state index contributed by atoms with van der Waals surface area (Å²) < 4.78 is 0. The lowest BCUT2D eigenvalue weighted by Crippen LogP contribution is -2.37. The first-order valence-electron chi connectivity index (χ1n) is 5.38. The molecule has 1 fully saturated rings. The Morgan fingerprint density at radius 1 is 1.41 bits per heavy atom. The van der Waals surface area contributed by atoms with Crippen molar-refractivity contribution in [1.29, 1.82) is 0 Å². The lowest BCUT2D eigenvalue weighted by Gasteiger charge is -2.12. The van der Waals surface area contributed by atoms with E-state index in [-0.39, 0.29) is 18.4 Å². The number of carboxylic acid groups (broad SMARTS) is 2. The van der Waals surface area contributed by atoms with E-state index in [0.29, 0.717) is 13.0 Å². The van der Waals surface area contributed by atoms with Crippen LogP contribution in [0.1, 0.15) is 19.8 Å². The Balaban J connectivity index is 2.33. The fraction of sp³-hybridized carbons (Fsp3) is 0.700. The number of carbonyl (C=O) groups is 3. The molecule has 0 aromatic rings. The van der Waals surface area contributed by atoms with Crippen LogP contribution in [0, 0.1) is 5.92 Å². The molecular weight excluding hydrogens is 228 g/mol. The number of rotatable bonds is 5. The maximum Gasteiger partial charge on any atom is 0.320 e. The predicted octanol–water partition coefficient (Wildman–Crippen LogP) is -0.971. The van der Waals surface area contributed by atoms with Crippen LogP contribution in [-0.4, -0.2) is 46.7 Å². The summed E-state index contributed by atoms with van der Waals surface area (Å²) in [5, 5.41) is 22.7. The zero-order chi connectivity index (χ0) is 13.0. The van der Waals surface area contributed by atoms with Gasteiger partial charge in [-0.05, 0) is 6.42 Å². The second-order valence-electron chi connectivity index (χ2n) is 4.24. The highest BCUT2D eigenvalue weighted by molar-refractivity contribution is 5.82. The molecule has 0 bridgehead atoms. The van der Waals surface area contributed by atoms with E-state index in [4.69, 9.17) is 10.2 Å². The van der Waals surface area contributed by atoms with Crippen LogP contribution in [0.2, 0.25) is 0 Å². The van der Waals surface area contributed by atoms with Crippen LogP contribution in [-0.2, 0) is 14.4 Å². The average molecular weight is 244 g/mol. The minimum atomic E-state index is -1.02. The molecule has 0 spiro atoms. The van der Waals surface area contributed by atoms with Crippen molar-refractivity contribution in [3.63, 3.8) is 0 Å². The summed E-state index contributed by atoms with van der Waals surface area (Å²) >= 11 is 0. The monoisotopic (exact) mass is 244 g/mol. The Kier molecular flexibility index (Phi) is 4.45. The lowest BCUT2D eigenvalue weighted by atomic mass is 10.1. The molecule has 1 saturated heterocycles. The first-order valence-corrected chi connectivity index (χ1v) is 5.38. The minimum absolute atomic E-state index is 0.0937. The smallest absolute Gasteiger partial charge is 0.320 e. The summed E-state index contributed by atoms with van der Waals surface area (Å²) in [5.74, 6) is -3.06. The van der Waals surface area contributed by atoms with Gasteiger partial charge in [-0.25, -0.2) is 0 Å². The van der Waals surface area contributed by atoms with Crippen LogP contribution < -0.4 is 10.6 Å². The van der Waals surface area contributed by atoms with Gasteiger partial charge >= 0.3 is 11.9 Å². The number of amides is 1. The molecule has 1 amide bonds. The van der Waals surface area contributed by atoms with E-state index >= 15 is 0 Å². The molecule has 3 atom stereocenters. The third-order valence-corrected chi connectivity index (χ3v) is 2.71. The maximum atomic E-state index is 11.4. The molecule has 1 aliphatic heterocycles. The van der Waals surface area contributed by atoms with Crippen LogP contribution in [0.4, 0.5) is 0 Å². The van der Waals surface area contributed by atoms with Crippen molar-refractivity contribution in [2.24, 2.45) is 5.92 Å². The first kappa shape index (κ1) is 13.4. The van der Waals surface area contributed by atoms with E-state index in [2.05, 4.69) is 10.6 Å². The van der Waals surface area contributed by atoms with Gasteiger partial charge in [-0.3, -0.25) is 14.4 Å². The van der Waals surface area contributed by atoms with Gasteiger partial charge in [-0.2, -0.15) is 0 Å². The first-order chi connectivity index (χ1) is 7.90. The topological polar surface area (TPSA) is 116 Å². The molecule has 0 aliphatic carbocycles. The van der Waals surface area contributed by atoms with Gasteiger partial charge in [-0.1, -0.05) is 6.92 Å². The van der Waals surface area contributed by atoms with Crippen molar-refractivity contribution < 1.29 is 24.6 Å². The highest BCUT2D eigenvalue weighted by Crippen LogP contribution is 2.08. The van der Waals surface area contributed by atoms with Gasteiger partial charge in [0.1, 0.15) is 6.04 Å². The number of aliphatic carboxylic acids is 2. The SMILES string of the molecule is C[C@@H](CC(=O)N[C@H]1CN[C@H](C(=O)O)C1)C(=O)O. The third-order valence-electron chi connectivity index (χ3n) is 2.71. The van der Waals surface area contributed by atoms with Crippen molar-refractivity contribution in [3.8, 4) is 0 Å². The normalized spacial score (nSPS) is 25.2. The van der Waals surface area contributed by atoms with Crippen LogP contribution in [0.3, 0.4) is 0 Å². The van der Waals surface area contributed by atoms with E-state index in [1.165, 1.54) is 6.92 Å². The molecule has 0 unspecified atom stereocenters. The standard InChI is InChI=1S/C10H16N2O5/c1-5(9(14)15)2-8(13)12-6-3-7(10(16)17)11-4-6/h5-7,11H,2-4H2,1H3,(H,12,13)(H,14,15)(H,16,17)/t5-,6+,7-/m0/s1. The molecule has 1 aliphatic rings. The van der Waals surface area contributed by atoms with Gasteiger partial charge in [0, 0.05) is 19.0 Å². The summed E-state index contributed by atoms with van der Waals surface area (Å²) in [6.45, 7) is 1.85. The van der Waals surface area contributed by atoms with E-state index in [9.17, 15) is 14.4 Å². The lowest BCUT2D eigenvalue weighted by molar-refractivity contribution is -0.143. The molecule has 1 heterocycles. The molecular formula is C10H16N2O5. The van der Waals surface area contributed by atoms with Crippen molar-refractivity contribution in [1.82, 2.24) is 10.6 Å². The van der Waals surface area contributed by atoms with Gasteiger partial charge in [0.2, 0.25) is 5.91 Å². The van der Waals surface area contributed by atoms with Crippen molar-refractivity contribution >= 4 is 17.8 Å². The third kappa shape index (κ3) is 4.03. The Hall–Kier alpha value is -1.63. The number of hydrogen-bond donors (Lipinski definition) is 4. The van der Waals surface area contributed by atoms with Crippen molar-refractivity contribution in [3.05, 3.63) is 0 Å². The van der Waals surface area contributed by atoms with E-state index < -0.39 is 23.9 Å². The van der Waals surface area contributed by atoms with Crippen LogP contribution in [0.15, 0.2) is 0 Å². The van der Waals surface area contributed by atoms with E-state index in [0.717, 1.165) is 0 Å². The molecule has 7 nitrogen and oxygen atoms in total. The summed E-state index contributed by atoms with van der Waals surface area (Å²) in [6, 6.07) is -0.887. The second-order valence-corrected chi connectivity index (χ2v) is 4.24. The van der Waals surface area contributed by atoms with Gasteiger partial charge in [0.25, 0.3) is 0 Å². The molecule has 0 radical (unpaired) electrons. The Bertz CT molecular complexity index is 331. The van der Waals surface area contributed by atoms with Crippen LogP contribution in [0.25, 0.3) is 0 Å². The Morgan fingerprint density at radius 2 is 2.06 bits per heavy atom. The molecule has 1 rings (SSSR count). The molecule has 0 aromatic heterocycles. The quantitative estimate of drug-likeness (QED) is 0.494. The fourth-order valence-corrected chi connectivity index (χ4v) is 1.69. The highest BCUT2D eigenvalue weighted by Gasteiger charge is 2.30. The zero-order valence-electron chi connectivity index (χ0n) is 9.47. The second kappa shape index (κ2) is 5.62. The summed E-state index contributed by atoms with van der Waals surface area (Å²) in [7, 11) is 0. The molecule has 0 saturated carbocycles. The number of carbonyl (C=O) groups excluding carboxylic acids is 1. The van der Waals surface area contributed by atoms with Crippen molar-refractivity contribution in [2.75, 3.05) is 6.54 Å². The van der Waals surface area contributed by atoms with E-state index in [1.807, 2.05) is 0 Å². The largest absolute Gasteiger partial charge is 0.481 e. The minimum Gasteiger partial charge on any atom is -0.481 e. The molecule has 4 N–H and O–H groups in total. The van der Waals surface area contributed by atoms with Crippen LogP contribution in [0.5, 0.6) is 0 Å². The molecule has 17 heavy (non-hydrogen) atoms. The predicted molar refractivity (Wildman–Crippen MR) is 57.4 cm³/mol. The average Bonchev–Trinajstić information content (AvgIpc) is 2.65. The van der Waals surface area contributed by atoms with E-state index in [1.54, 1.807) is 0 Å². The van der Waals surface area contributed by atoms with Gasteiger partial charge < -0.3 is 20.8 Å². The number of hydrogen-bond acceptors (Lipinski definition) is 4. The molecule has 96 valence electrons. The fourth-order valence-electron chi connectivity index (χ4n) is 1.69. The number of carboxylic acids is 2. The van der Waals surface area contributed by atoms with Crippen LogP contribution >= 0.6 is 0 Å². The Labute approximate surface area is 98.2 Å². The highest BCUT2D eigenvalue weighted by atomic mass is 16.4. The summed E-state index contributed by atoms with van der Waals surface area (Å²) in [5.41, 5.74) is 0. The zero-order valence-corrected chi connectivity index (χ0v) is 9.47. The number of nitrogens with one attached hydrogen (secondary N) is 2. The summed E-state index contributed by atoms with van der Waals surface area (Å²) in [6.07, 6.45) is 0.228. The maximum absolute atomic E-state index is 11.4. The Morgan fingerprint density at radius 3 is 2.53 bits per heavy atom. The van der Waals surface area contributed by atoms with Crippen molar-refractivity contribution in [2.45, 2.75) is 31.8 Å². The van der Waals surface area contributed by atoms with Gasteiger partial charge in [0.05, 0.1) is 5.92 Å². The molecule has 0 aromatic carbocycles. The van der Waals surface area contributed by atoms with Gasteiger partial charge in [-0.15, -0.1) is 0 Å².